The predicted octanol–water partition coefficient (Wildman–Crippen LogP) is 2.05. The number of carbonyl (C=O) groups is 1. The summed E-state index contributed by atoms with van der Waals surface area (Å²) in [6, 6.07) is 13.3. The highest BCUT2D eigenvalue weighted by Gasteiger charge is 2.26. The third kappa shape index (κ3) is 5.87. The number of methoxy groups -OCH3 is 1. The number of hydrogen-bond donors (Lipinski definition) is 1. The molecule has 30 heavy (non-hydrogen) atoms. The minimum Gasteiger partial charge on any atom is -0.497 e. The monoisotopic (exact) mass is 434 g/mol. The lowest BCUT2D eigenvalue weighted by Crippen LogP contribution is -2.32. The van der Waals surface area contributed by atoms with E-state index in [4.69, 9.17) is 14.2 Å². The number of rotatable bonds is 10. The predicted molar refractivity (Wildman–Crippen MR) is 111 cm³/mol. The van der Waals surface area contributed by atoms with Crippen LogP contribution in [0.15, 0.2) is 53.4 Å². The van der Waals surface area contributed by atoms with Crippen molar-refractivity contribution in [3.63, 3.8) is 0 Å². The van der Waals surface area contributed by atoms with E-state index in [9.17, 15) is 13.2 Å². The normalized spacial score (nSPS) is 14.3. The second-order valence-electron chi connectivity index (χ2n) is 6.75. The molecule has 1 amide bonds. The first kappa shape index (κ1) is 21.9. The minimum atomic E-state index is -3.43. The third-order valence-corrected chi connectivity index (χ3v) is 6.56. The number of nitrogens with one attached hydrogen (secondary N) is 1. The molecule has 3 rings (SSSR count). The fourth-order valence-corrected chi connectivity index (χ4v) is 4.53. The summed E-state index contributed by atoms with van der Waals surface area (Å²) in [5.41, 5.74) is 0. The molecule has 9 heteroatoms. The average Bonchev–Trinajstić information content (AvgIpc) is 3.32. The Morgan fingerprint density at radius 3 is 2.13 bits per heavy atom. The van der Waals surface area contributed by atoms with Gasteiger partial charge < -0.3 is 19.5 Å². The van der Waals surface area contributed by atoms with Gasteiger partial charge in [-0.05, 0) is 61.4 Å². The van der Waals surface area contributed by atoms with E-state index >= 15 is 0 Å². The Balaban J connectivity index is 1.37. The number of nitrogens with zero attached hydrogens (tertiary/aromatic N) is 1. The number of carbonyl (C=O) groups excluding carboxylic acids is 1. The molecule has 162 valence electrons. The van der Waals surface area contributed by atoms with Crippen molar-refractivity contribution in [2.24, 2.45) is 0 Å². The summed E-state index contributed by atoms with van der Waals surface area (Å²) in [5.74, 6) is 1.57. The van der Waals surface area contributed by atoms with Gasteiger partial charge in [-0.2, -0.15) is 4.31 Å². The van der Waals surface area contributed by atoms with Gasteiger partial charge in [-0.15, -0.1) is 0 Å². The average molecular weight is 435 g/mol. The molecule has 1 aliphatic heterocycles. The first-order valence-corrected chi connectivity index (χ1v) is 11.2. The molecule has 0 aromatic heterocycles. The number of hydrogen-bond acceptors (Lipinski definition) is 6. The first-order valence-electron chi connectivity index (χ1n) is 9.75. The van der Waals surface area contributed by atoms with E-state index in [1.54, 1.807) is 55.6 Å². The highest BCUT2D eigenvalue weighted by Crippen LogP contribution is 2.23. The van der Waals surface area contributed by atoms with Gasteiger partial charge in [0.25, 0.3) is 5.91 Å². The van der Waals surface area contributed by atoms with Gasteiger partial charge in [0, 0.05) is 13.1 Å². The third-order valence-electron chi connectivity index (χ3n) is 4.65. The largest absolute Gasteiger partial charge is 0.497 e. The molecule has 1 heterocycles. The van der Waals surface area contributed by atoms with Crippen LogP contribution in [0.25, 0.3) is 0 Å². The van der Waals surface area contributed by atoms with Crippen molar-refractivity contribution >= 4 is 15.9 Å². The van der Waals surface area contributed by atoms with E-state index in [2.05, 4.69) is 5.32 Å². The molecule has 0 unspecified atom stereocenters. The second-order valence-corrected chi connectivity index (χ2v) is 8.68. The van der Waals surface area contributed by atoms with E-state index in [1.165, 1.54) is 4.31 Å². The van der Waals surface area contributed by atoms with E-state index in [-0.39, 0.29) is 24.0 Å². The minimum absolute atomic E-state index is 0.102. The SMILES string of the molecule is COc1ccc(OCC(=O)NCCOc2ccc(S(=O)(=O)N3CCCC3)cc2)cc1. The van der Waals surface area contributed by atoms with Crippen molar-refractivity contribution in [3.8, 4) is 17.2 Å². The van der Waals surface area contributed by atoms with Gasteiger partial charge in [0.15, 0.2) is 6.61 Å². The number of benzene rings is 2. The van der Waals surface area contributed by atoms with Crippen LogP contribution in [0.1, 0.15) is 12.8 Å². The lowest BCUT2D eigenvalue weighted by atomic mass is 10.3. The summed E-state index contributed by atoms with van der Waals surface area (Å²) in [6.45, 7) is 1.60. The number of amides is 1. The molecule has 0 aliphatic carbocycles. The van der Waals surface area contributed by atoms with Gasteiger partial charge in [0.1, 0.15) is 23.9 Å². The van der Waals surface area contributed by atoms with Crippen LogP contribution in [0, 0.1) is 0 Å². The van der Waals surface area contributed by atoms with Gasteiger partial charge in [-0.1, -0.05) is 0 Å². The molecule has 8 nitrogen and oxygen atoms in total. The van der Waals surface area contributed by atoms with Crippen molar-refractivity contribution in [2.75, 3.05) is 40.0 Å². The molecule has 1 aliphatic rings. The molecule has 1 fully saturated rings. The van der Waals surface area contributed by atoms with Crippen LogP contribution >= 0.6 is 0 Å². The summed E-state index contributed by atoms with van der Waals surface area (Å²) in [4.78, 5) is 12.1. The molecule has 0 bridgehead atoms. The van der Waals surface area contributed by atoms with E-state index in [0.29, 0.717) is 36.9 Å². The van der Waals surface area contributed by atoms with Crippen LogP contribution < -0.4 is 19.5 Å². The topological polar surface area (TPSA) is 94.2 Å². The standard InChI is InChI=1S/C21H26N2O6S/c1-27-17-4-6-19(7-5-17)29-16-21(24)22-12-15-28-18-8-10-20(11-9-18)30(25,26)23-13-2-3-14-23/h4-11H,2-3,12-16H2,1H3,(H,22,24). The lowest BCUT2D eigenvalue weighted by Gasteiger charge is -2.15. The van der Waals surface area contributed by atoms with Gasteiger partial charge >= 0.3 is 0 Å². The molecule has 0 atom stereocenters. The maximum absolute atomic E-state index is 12.5. The first-order chi connectivity index (χ1) is 14.5. The summed E-state index contributed by atoms with van der Waals surface area (Å²) in [5, 5.41) is 2.70. The van der Waals surface area contributed by atoms with Crippen molar-refractivity contribution in [1.29, 1.82) is 0 Å². The Morgan fingerprint density at radius 2 is 1.50 bits per heavy atom. The van der Waals surface area contributed by atoms with E-state index in [1.807, 2.05) is 0 Å². The molecule has 2 aromatic carbocycles. The zero-order valence-electron chi connectivity index (χ0n) is 16.9. The maximum atomic E-state index is 12.5. The Kier molecular flexibility index (Phi) is 7.53. The van der Waals surface area contributed by atoms with Crippen LogP contribution in [0.5, 0.6) is 17.2 Å². The van der Waals surface area contributed by atoms with Crippen molar-refractivity contribution in [3.05, 3.63) is 48.5 Å². The summed E-state index contributed by atoms with van der Waals surface area (Å²) in [7, 11) is -1.85. The highest BCUT2D eigenvalue weighted by molar-refractivity contribution is 7.89. The fourth-order valence-electron chi connectivity index (χ4n) is 3.02. The molecular weight excluding hydrogens is 408 g/mol. The molecule has 0 spiro atoms. The van der Waals surface area contributed by atoms with Crippen LogP contribution in [-0.4, -0.2) is 58.6 Å². The Morgan fingerprint density at radius 1 is 0.933 bits per heavy atom. The smallest absolute Gasteiger partial charge is 0.258 e. The van der Waals surface area contributed by atoms with Crippen LogP contribution in [-0.2, 0) is 14.8 Å². The summed E-state index contributed by atoms with van der Waals surface area (Å²) >= 11 is 0. The van der Waals surface area contributed by atoms with Crippen molar-refractivity contribution in [2.45, 2.75) is 17.7 Å². The highest BCUT2D eigenvalue weighted by atomic mass is 32.2. The van der Waals surface area contributed by atoms with Crippen molar-refractivity contribution in [1.82, 2.24) is 9.62 Å². The fraction of sp³-hybridized carbons (Fsp3) is 0.381. The van der Waals surface area contributed by atoms with Gasteiger partial charge in [0.2, 0.25) is 10.0 Å². The second kappa shape index (κ2) is 10.3. The molecule has 0 radical (unpaired) electrons. The quantitative estimate of drug-likeness (QED) is 0.575. The Hall–Kier alpha value is -2.78. The summed E-state index contributed by atoms with van der Waals surface area (Å²) < 4.78 is 42.5. The van der Waals surface area contributed by atoms with Gasteiger partial charge in [0.05, 0.1) is 18.6 Å². The zero-order chi connectivity index (χ0) is 21.4. The van der Waals surface area contributed by atoms with Crippen molar-refractivity contribution < 1.29 is 27.4 Å². The zero-order valence-corrected chi connectivity index (χ0v) is 17.7. The van der Waals surface area contributed by atoms with Crippen LogP contribution in [0.3, 0.4) is 0 Å². The van der Waals surface area contributed by atoms with Gasteiger partial charge in [-0.3, -0.25) is 4.79 Å². The molecule has 2 aromatic rings. The molecule has 0 saturated carbocycles. The Labute approximate surface area is 176 Å². The Bertz CT molecular complexity index is 923. The number of ether oxygens (including phenoxy) is 3. The number of sulfonamides is 1. The molecular formula is C21H26N2O6S. The maximum Gasteiger partial charge on any atom is 0.258 e. The van der Waals surface area contributed by atoms with Crippen LogP contribution in [0.2, 0.25) is 0 Å². The summed E-state index contributed by atoms with van der Waals surface area (Å²) in [6.07, 6.45) is 1.80. The van der Waals surface area contributed by atoms with Crippen LogP contribution in [0.4, 0.5) is 0 Å². The molecule has 1 saturated heterocycles. The molecule has 1 N–H and O–H groups in total. The van der Waals surface area contributed by atoms with E-state index < -0.39 is 10.0 Å². The van der Waals surface area contributed by atoms with Gasteiger partial charge in [-0.25, -0.2) is 8.42 Å². The lowest BCUT2D eigenvalue weighted by molar-refractivity contribution is -0.123. The van der Waals surface area contributed by atoms with E-state index in [0.717, 1.165) is 12.8 Å².